The Kier molecular flexibility index (Phi) is 6.62. The van der Waals surface area contributed by atoms with Crippen molar-refractivity contribution in [3.63, 3.8) is 0 Å². The predicted octanol–water partition coefficient (Wildman–Crippen LogP) is 1.64. The first-order valence-electron chi connectivity index (χ1n) is 7.98. The van der Waals surface area contributed by atoms with Crippen molar-refractivity contribution in [3.05, 3.63) is 23.2 Å². The molecule has 2 atom stereocenters. The second kappa shape index (κ2) is 8.34. The highest BCUT2D eigenvalue weighted by Crippen LogP contribution is 2.27. The van der Waals surface area contributed by atoms with E-state index in [9.17, 15) is 18.0 Å². The molecule has 1 aromatic carbocycles. The first kappa shape index (κ1) is 20.6. The van der Waals surface area contributed by atoms with Crippen molar-refractivity contribution >= 4 is 39.2 Å². The van der Waals surface area contributed by atoms with E-state index in [0.29, 0.717) is 13.0 Å². The van der Waals surface area contributed by atoms with Gasteiger partial charge in [0.2, 0.25) is 10.0 Å². The molecule has 1 amide bonds. The zero-order valence-electron chi connectivity index (χ0n) is 14.7. The van der Waals surface area contributed by atoms with Crippen molar-refractivity contribution in [2.24, 2.45) is 0 Å². The van der Waals surface area contributed by atoms with Crippen LogP contribution in [0.3, 0.4) is 0 Å². The molecule has 8 nitrogen and oxygen atoms in total. The third-order valence-electron chi connectivity index (χ3n) is 3.81. The number of benzene rings is 1. The second-order valence-electron chi connectivity index (χ2n) is 6.00. The van der Waals surface area contributed by atoms with Crippen molar-refractivity contribution < 1.29 is 27.5 Å². The highest BCUT2D eigenvalue weighted by atomic mass is 35.5. The van der Waals surface area contributed by atoms with Gasteiger partial charge in [-0.25, -0.2) is 17.5 Å². The Morgan fingerprint density at radius 1 is 1.38 bits per heavy atom. The van der Waals surface area contributed by atoms with E-state index in [4.69, 9.17) is 21.1 Å². The molecule has 10 heteroatoms. The Hall–Kier alpha value is -1.68. The number of amides is 1. The van der Waals surface area contributed by atoms with Crippen molar-refractivity contribution in [1.29, 1.82) is 0 Å². The summed E-state index contributed by atoms with van der Waals surface area (Å²) in [6.45, 7) is 1.92. The summed E-state index contributed by atoms with van der Waals surface area (Å²) in [5.74, 6) is -1.18. The quantitative estimate of drug-likeness (QED) is 0.723. The molecule has 144 valence electrons. The Labute approximate surface area is 157 Å². The van der Waals surface area contributed by atoms with Crippen molar-refractivity contribution in [2.45, 2.75) is 36.9 Å². The largest absolute Gasteiger partial charge is 0.451 e. The van der Waals surface area contributed by atoms with Gasteiger partial charge in [-0.2, -0.15) is 0 Å². The minimum absolute atomic E-state index is 0.0366. The maximum atomic E-state index is 12.3. The summed E-state index contributed by atoms with van der Waals surface area (Å²) >= 11 is 5.96. The average molecular weight is 405 g/mol. The lowest BCUT2D eigenvalue weighted by Gasteiger charge is -2.17. The van der Waals surface area contributed by atoms with E-state index >= 15 is 0 Å². The molecule has 0 saturated carbocycles. The van der Waals surface area contributed by atoms with Gasteiger partial charge in [0.1, 0.15) is 4.90 Å². The van der Waals surface area contributed by atoms with Gasteiger partial charge in [0, 0.05) is 26.4 Å². The smallest absolute Gasteiger partial charge is 0.336 e. The summed E-state index contributed by atoms with van der Waals surface area (Å²) in [4.78, 5) is 24.0. The first-order valence-corrected chi connectivity index (χ1v) is 9.79. The molecule has 26 heavy (non-hydrogen) atoms. The molecule has 1 N–H and O–H groups in total. The lowest BCUT2D eigenvalue weighted by molar-refractivity contribution is -0.162. The zero-order chi connectivity index (χ0) is 19.5. The Morgan fingerprint density at radius 3 is 2.65 bits per heavy atom. The van der Waals surface area contributed by atoms with Gasteiger partial charge in [0.05, 0.1) is 5.02 Å². The topological polar surface area (TPSA) is 102 Å². The summed E-state index contributed by atoms with van der Waals surface area (Å²) in [5, 5.41) is 2.55. The highest BCUT2D eigenvalue weighted by Gasteiger charge is 2.28. The minimum atomic E-state index is -3.77. The van der Waals surface area contributed by atoms with Crippen LogP contribution < -0.4 is 5.32 Å². The van der Waals surface area contributed by atoms with E-state index in [1.807, 2.05) is 0 Å². The van der Waals surface area contributed by atoms with Gasteiger partial charge >= 0.3 is 5.97 Å². The monoisotopic (exact) mass is 404 g/mol. The molecular weight excluding hydrogens is 384 g/mol. The van der Waals surface area contributed by atoms with Gasteiger partial charge in [-0.15, -0.1) is 0 Å². The second-order valence-corrected chi connectivity index (χ2v) is 8.53. The van der Waals surface area contributed by atoms with Gasteiger partial charge in [0.15, 0.2) is 12.2 Å². The molecule has 1 fully saturated rings. The highest BCUT2D eigenvalue weighted by molar-refractivity contribution is 7.89. The van der Waals surface area contributed by atoms with Gasteiger partial charge in [0.25, 0.3) is 5.91 Å². The number of halogens is 1. The number of anilines is 1. The number of ether oxygens (including phenoxy) is 2. The summed E-state index contributed by atoms with van der Waals surface area (Å²) in [6.07, 6.45) is -0.362. The number of hydrogen-bond acceptors (Lipinski definition) is 6. The SMILES string of the molecule is C[C@H](OC(=O)[C@H]1CCCO1)C(=O)Nc1ccc(Cl)c(S(=O)(=O)N(C)C)c1. The van der Waals surface area contributed by atoms with E-state index in [1.165, 1.54) is 39.2 Å². The van der Waals surface area contributed by atoms with Crippen LogP contribution in [0.15, 0.2) is 23.1 Å². The molecule has 1 heterocycles. The lowest BCUT2D eigenvalue weighted by atomic mass is 10.2. The molecule has 1 saturated heterocycles. The van der Waals surface area contributed by atoms with Gasteiger partial charge in [-0.3, -0.25) is 4.79 Å². The van der Waals surface area contributed by atoms with Gasteiger partial charge in [-0.1, -0.05) is 11.6 Å². The Morgan fingerprint density at radius 2 is 2.08 bits per heavy atom. The van der Waals surface area contributed by atoms with Crippen LogP contribution in [-0.2, 0) is 29.1 Å². The molecule has 1 aromatic rings. The number of nitrogens with one attached hydrogen (secondary N) is 1. The fourth-order valence-electron chi connectivity index (χ4n) is 2.29. The molecule has 0 unspecified atom stereocenters. The Balaban J connectivity index is 2.07. The maximum Gasteiger partial charge on any atom is 0.336 e. The number of carbonyl (C=O) groups excluding carboxylic acids is 2. The molecule has 0 radical (unpaired) electrons. The van der Waals surface area contributed by atoms with Crippen molar-refractivity contribution in [1.82, 2.24) is 4.31 Å². The summed E-state index contributed by atoms with van der Waals surface area (Å²) in [7, 11) is -1.01. The molecule has 0 aliphatic carbocycles. The number of nitrogens with zero attached hydrogens (tertiary/aromatic N) is 1. The van der Waals surface area contributed by atoms with E-state index in [2.05, 4.69) is 5.32 Å². The van der Waals surface area contributed by atoms with E-state index in [0.717, 1.165) is 10.7 Å². The lowest BCUT2D eigenvalue weighted by Crippen LogP contribution is -2.34. The van der Waals surface area contributed by atoms with Crippen LogP contribution in [-0.4, -0.2) is 57.5 Å². The fraction of sp³-hybridized carbons (Fsp3) is 0.500. The first-order chi connectivity index (χ1) is 12.1. The molecular formula is C16H21ClN2O6S. The number of hydrogen-bond donors (Lipinski definition) is 1. The summed E-state index contributed by atoms with van der Waals surface area (Å²) in [6, 6.07) is 4.09. The van der Waals surface area contributed by atoms with E-state index in [-0.39, 0.29) is 15.6 Å². The molecule has 1 aliphatic rings. The summed E-state index contributed by atoms with van der Waals surface area (Å²) in [5.41, 5.74) is 0.222. The third kappa shape index (κ3) is 4.73. The van der Waals surface area contributed by atoms with Crippen molar-refractivity contribution in [3.8, 4) is 0 Å². The molecule has 0 bridgehead atoms. The van der Waals surface area contributed by atoms with Crippen LogP contribution in [0.25, 0.3) is 0 Å². The number of rotatable bonds is 6. The summed E-state index contributed by atoms with van der Waals surface area (Å²) < 4.78 is 35.9. The standard InChI is InChI=1S/C16H21ClN2O6S/c1-10(25-16(21)13-5-4-8-24-13)15(20)18-11-6-7-12(17)14(9-11)26(22,23)19(2)3/h6-7,9-10,13H,4-5,8H2,1-3H3,(H,18,20)/t10-,13+/m0/s1. The van der Waals surface area contributed by atoms with Crippen molar-refractivity contribution in [2.75, 3.05) is 26.0 Å². The number of sulfonamides is 1. The van der Waals surface area contributed by atoms with Crippen LogP contribution in [0.2, 0.25) is 5.02 Å². The van der Waals surface area contributed by atoms with Crippen LogP contribution >= 0.6 is 11.6 Å². The minimum Gasteiger partial charge on any atom is -0.451 e. The molecule has 0 aromatic heterocycles. The normalized spacial score (nSPS) is 18.6. The molecule has 0 spiro atoms. The molecule has 1 aliphatic heterocycles. The van der Waals surface area contributed by atoms with Crippen LogP contribution in [0.5, 0.6) is 0 Å². The van der Waals surface area contributed by atoms with Gasteiger partial charge in [-0.05, 0) is 38.0 Å². The van der Waals surface area contributed by atoms with Crippen LogP contribution in [0, 0.1) is 0 Å². The average Bonchev–Trinajstić information content (AvgIpc) is 3.10. The number of carbonyl (C=O) groups is 2. The van der Waals surface area contributed by atoms with Crippen LogP contribution in [0.4, 0.5) is 5.69 Å². The van der Waals surface area contributed by atoms with Gasteiger partial charge < -0.3 is 14.8 Å². The predicted molar refractivity (Wildman–Crippen MR) is 95.5 cm³/mol. The zero-order valence-corrected chi connectivity index (χ0v) is 16.3. The van der Waals surface area contributed by atoms with Crippen LogP contribution in [0.1, 0.15) is 19.8 Å². The van der Waals surface area contributed by atoms with E-state index < -0.39 is 34.1 Å². The number of esters is 1. The van der Waals surface area contributed by atoms with E-state index in [1.54, 1.807) is 0 Å². The molecule has 2 rings (SSSR count). The fourth-order valence-corrected chi connectivity index (χ4v) is 3.68. The maximum absolute atomic E-state index is 12.3. The third-order valence-corrected chi connectivity index (χ3v) is 6.11. The Bertz CT molecular complexity index is 790.